The van der Waals surface area contributed by atoms with Crippen molar-refractivity contribution in [3.8, 4) is 0 Å². The van der Waals surface area contributed by atoms with E-state index in [2.05, 4.69) is 45.1 Å². The van der Waals surface area contributed by atoms with E-state index in [-0.39, 0.29) is 12.1 Å². The Balaban J connectivity index is 2.21. The molecule has 5 nitrogen and oxygen atoms in total. The van der Waals surface area contributed by atoms with Crippen LogP contribution in [-0.4, -0.2) is 54.1 Å². The van der Waals surface area contributed by atoms with Crippen molar-refractivity contribution < 1.29 is 4.74 Å². The molecule has 2 unspecified atom stereocenters. The molecule has 0 amide bonds. The van der Waals surface area contributed by atoms with Crippen LogP contribution in [0.2, 0.25) is 0 Å². The Hall–Kier alpha value is -0.430. The van der Waals surface area contributed by atoms with E-state index in [1.807, 2.05) is 17.9 Å². The van der Waals surface area contributed by atoms with Gasteiger partial charge in [0.1, 0.15) is 0 Å². The lowest BCUT2D eigenvalue weighted by atomic mass is 10.1. The normalized spacial score (nSPS) is 22.6. The van der Waals surface area contributed by atoms with Crippen molar-refractivity contribution in [2.24, 2.45) is 0 Å². The van der Waals surface area contributed by atoms with Gasteiger partial charge in [0.2, 0.25) is 0 Å². The number of hydrogen-bond acceptors (Lipinski definition) is 4. The number of likely N-dealkylation sites (N-methyl/N-ethyl adjacent to an activating group) is 2. The summed E-state index contributed by atoms with van der Waals surface area (Å²) >= 11 is 3.61. The van der Waals surface area contributed by atoms with E-state index in [9.17, 15) is 0 Å². The molecule has 2 heterocycles. The minimum atomic E-state index is 0.158. The second-order valence-electron chi connectivity index (χ2n) is 4.76. The number of hydrogen-bond donors (Lipinski definition) is 1. The van der Waals surface area contributed by atoms with E-state index in [0.29, 0.717) is 0 Å². The second kappa shape index (κ2) is 6.83. The lowest BCUT2D eigenvalue weighted by Crippen LogP contribution is -2.48. The molecule has 1 N–H and O–H groups in total. The van der Waals surface area contributed by atoms with Crippen LogP contribution in [0.3, 0.4) is 0 Å². The maximum Gasteiger partial charge on any atom is 0.0912 e. The highest BCUT2D eigenvalue weighted by Gasteiger charge is 2.31. The Morgan fingerprint density at radius 2 is 2.32 bits per heavy atom. The van der Waals surface area contributed by atoms with E-state index in [1.54, 1.807) is 0 Å². The number of ether oxygens (including phenoxy) is 1. The summed E-state index contributed by atoms with van der Waals surface area (Å²) in [5, 5.41) is 7.79. The molecule has 0 radical (unpaired) electrons. The molecule has 1 fully saturated rings. The van der Waals surface area contributed by atoms with Gasteiger partial charge in [-0.05, 0) is 36.4 Å². The predicted octanol–water partition coefficient (Wildman–Crippen LogP) is 1.65. The molecule has 0 saturated carbocycles. The van der Waals surface area contributed by atoms with E-state index in [4.69, 9.17) is 4.74 Å². The summed E-state index contributed by atoms with van der Waals surface area (Å²) in [7, 11) is 1.98. The molecule has 2 rings (SSSR count). The minimum absolute atomic E-state index is 0.158. The molecule has 1 saturated heterocycles. The SMILES string of the molecule is CCN1CCOC(C(NC)c2c(Br)cnn2CC)C1. The summed E-state index contributed by atoms with van der Waals surface area (Å²) in [6, 6.07) is 0.158. The van der Waals surface area contributed by atoms with E-state index >= 15 is 0 Å². The van der Waals surface area contributed by atoms with Crippen LogP contribution in [0.25, 0.3) is 0 Å². The Labute approximate surface area is 123 Å². The van der Waals surface area contributed by atoms with Crippen molar-refractivity contribution in [2.45, 2.75) is 32.5 Å². The van der Waals surface area contributed by atoms with Crippen molar-refractivity contribution in [3.63, 3.8) is 0 Å². The first kappa shape index (κ1) is 15.0. The van der Waals surface area contributed by atoms with Gasteiger partial charge in [-0.15, -0.1) is 0 Å². The molecule has 19 heavy (non-hydrogen) atoms. The average molecular weight is 331 g/mol. The van der Waals surface area contributed by atoms with Crippen molar-refractivity contribution in [3.05, 3.63) is 16.4 Å². The summed E-state index contributed by atoms with van der Waals surface area (Å²) in [5.74, 6) is 0. The highest BCUT2D eigenvalue weighted by molar-refractivity contribution is 9.10. The number of aromatic nitrogens is 2. The quantitative estimate of drug-likeness (QED) is 0.891. The zero-order valence-electron chi connectivity index (χ0n) is 11.9. The largest absolute Gasteiger partial charge is 0.374 e. The molecule has 1 aliphatic rings. The van der Waals surface area contributed by atoms with E-state index < -0.39 is 0 Å². The van der Waals surface area contributed by atoms with Crippen molar-refractivity contribution in [1.82, 2.24) is 20.0 Å². The van der Waals surface area contributed by atoms with E-state index in [0.717, 1.165) is 37.3 Å². The van der Waals surface area contributed by atoms with Crippen LogP contribution in [0.4, 0.5) is 0 Å². The summed E-state index contributed by atoms with van der Waals surface area (Å²) < 4.78 is 9.05. The number of nitrogens with one attached hydrogen (secondary N) is 1. The molecule has 1 aromatic rings. The number of halogens is 1. The van der Waals surface area contributed by atoms with Crippen molar-refractivity contribution in [1.29, 1.82) is 0 Å². The Bertz CT molecular complexity index is 409. The lowest BCUT2D eigenvalue weighted by molar-refractivity contribution is -0.0458. The van der Waals surface area contributed by atoms with Crippen LogP contribution < -0.4 is 5.32 Å². The Kier molecular flexibility index (Phi) is 5.38. The standard InChI is InChI=1S/C13H23BrN4O/c1-4-17-6-7-19-11(9-17)12(15-3)13-10(14)8-16-18(13)5-2/h8,11-12,15H,4-7,9H2,1-3H3. The first-order valence-electron chi connectivity index (χ1n) is 6.93. The molecule has 0 bridgehead atoms. The molecule has 6 heteroatoms. The van der Waals surface area contributed by atoms with Gasteiger partial charge in [0.05, 0.1) is 35.1 Å². The molecule has 1 aromatic heterocycles. The fourth-order valence-electron chi connectivity index (χ4n) is 2.65. The molecule has 0 aliphatic carbocycles. The second-order valence-corrected chi connectivity index (χ2v) is 5.62. The van der Waals surface area contributed by atoms with Gasteiger partial charge in [-0.2, -0.15) is 5.10 Å². The van der Waals surface area contributed by atoms with Gasteiger partial charge in [-0.1, -0.05) is 6.92 Å². The summed E-state index contributed by atoms with van der Waals surface area (Å²) in [6.07, 6.45) is 2.03. The maximum atomic E-state index is 5.98. The molecule has 2 atom stereocenters. The topological polar surface area (TPSA) is 42.3 Å². The fourth-order valence-corrected chi connectivity index (χ4v) is 3.20. The molecule has 108 valence electrons. The lowest BCUT2D eigenvalue weighted by Gasteiger charge is -2.36. The zero-order chi connectivity index (χ0) is 13.8. The van der Waals surface area contributed by atoms with Gasteiger partial charge in [-0.25, -0.2) is 0 Å². The maximum absolute atomic E-state index is 5.98. The van der Waals surface area contributed by atoms with Gasteiger partial charge in [0, 0.05) is 19.6 Å². The van der Waals surface area contributed by atoms with Crippen LogP contribution in [-0.2, 0) is 11.3 Å². The van der Waals surface area contributed by atoms with E-state index in [1.165, 1.54) is 5.69 Å². The average Bonchev–Trinajstić information content (AvgIpc) is 2.82. The Morgan fingerprint density at radius 3 is 2.95 bits per heavy atom. The summed E-state index contributed by atoms with van der Waals surface area (Å²) in [6.45, 7) is 9.03. The highest BCUT2D eigenvalue weighted by atomic mass is 79.9. The van der Waals surface area contributed by atoms with Crippen LogP contribution in [0.5, 0.6) is 0 Å². The first-order valence-corrected chi connectivity index (χ1v) is 7.72. The summed E-state index contributed by atoms with van der Waals surface area (Å²) in [4.78, 5) is 2.43. The van der Waals surface area contributed by atoms with Crippen LogP contribution in [0.1, 0.15) is 25.6 Å². The molecule has 0 aromatic carbocycles. The first-order chi connectivity index (χ1) is 9.21. The van der Waals surface area contributed by atoms with Gasteiger partial charge in [0.15, 0.2) is 0 Å². The number of nitrogens with zero attached hydrogens (tertiary/aromatic N) is 3. The third-order valence-corrected chi connectivity index (χ3v) is 4.35. The van der Waals surface area contributed by atoms with Crippen LogP contribution >= 0.6 is 15.9 Å². The van der Waals surface area contributed by atoms with Gasteiger partial charge < -0.3 is 10.1 Å². The third kappa shape index (κ3) is 3.18. The van der Waals surface area contributed by atoms with Crippen molar-refractivity contribution >= 4 is 15.9 Å². The minimum Gasteiger partial charge on any atom is -0.374 e. The molecule has 1 aliphatic heterocycles. The highest BCUT2D eigenvalue weighted by Crippen LogP contribution is 2.28. The molecule has 0 spiro atoms. The molecular formula is C13H23BrN4O. The zero-order valence-corrected chi connectivity index (χ0v) is 13.5. The smallest absolute Gasteiger partial charge is 0.0912 e. The fraction of sp³-hybridized carbons (Fsp3) is 0.769. The number of rotatable bonds is 5. The molecular weight excluding hydrogens is 308 g/mol. The Morgan fingerprint density at radius 1 is 1.53 bits per heavy atom. The predicted molar refractivity (Wildman–Crippen MR) is 79.3 cm³/mol. The van der Waals surface area contributed by atoms with Gasteiger partial charge in [-0.3, -0.25) is 9.58 Å². The van der Waals surface area contributed by atoms with Crippen LogP contribution in [0.15, 0.2) is 10.7 Å². The third-order valence-electron chi connectivity index (χ3n) is 3.73. The van der Waals surface area contributed by atoms with Gasteiger partial charge >= 0.3 is 0 Å². The number of morpholine rings is 1. The monoisotopic (exact) mass is 330 g/mol. The van der Waals surface area contributed by atoms with Crippen molar-refractivity contribution in [2.75, 3.05) is 33.3 Å². The number of aryl methyl sites for hydroxylation is 1. The van der Waals surface area contributed by atoms with Crippen LogP contribution in [0, 0.1) is 0 Å². The summed E-state index contributed by atoms with van der Waals surface area (Å²) in [5.41, 5.74) is 1.17. The van der Waals surface area contributed by atoms with Gasteiger partial charge in [0.25, 0.3) is 0 Å².